The summed E-state index contributed by atoms with van der Waals surface area (Å²) in [6.07, 6.45) is 0.419. The van der Waals surface area contributed by atoms with E-state index >= 15 is 0 Å². The lowest BCUT2D eigenvalue weighted by atomic mass is 10.2. The number of hydrogen-bond donors (Lipinski definition) is 1. The highest BCUT2D eigenvalue weighted by atomic mass is 16.5. The summed E-state index contributed by atoms with van der Waals surface area (Å²) in [6.45, 7) is 1.75. The maximum Gasteiger partial charge on any atom is 0.328 e. The number of rotatable bonds is 5. The van der Waals surface area contributed by atoms with Crippen molar-refractivity contribution in [3.05, 3.63) is 0 Å². The molecule has 13 heavy (non-hydrogen) atoms. The summed E-state index contributed by atoms with van der Waals surface area (Å²) in [5.41, 5.74) is 0. The van der Waals surface area contributed by atoms with E-state index in [0.717, 1.165) is 0 Å². The van der Waals surface area contributed by atoms with E-state index in [-0.39, 0.29) is 5.91 Å². The molecule has 5 nitrogen and oxygen atoms in total. The van der Waals surface area contributed by atoms with Gasteiger partial charge in [-0.3, -0.25) is 4.79 Å². The van der Waals surface area contributed by atoms with E-state index in [2.05, 4.69) is 10.1 Å². The normalized spacial score (nSPS) is 11.9. The van der Waals surface area contributed by atoms with Crippen LogP contribution in [0.3, 0.4) is 0 Å². The molecule has 0 saturated carbocycles. The highest BCUT2D eigenvalue weighted by Gasteiger charge is 2.19. The lowest BCUT2D eigenvalue weighted by Gasteiger charge is -2.14. The summed E-state index contributed by atoms with van der Waals surface area (Å²) in [6, 6.07) is -0.609. The molecule has 0 rings (SSSR count). The van der Waals surface area contributed by atoms with Crippen LogP contribution in [0.1, 0.15) is 13.3 Å². The Labute approximate surface area is 77.4 Å². The number of hydrogen-bond acceptors (Lipinski definition) is 4. The fourth-order valence-electron chi connectivity index (χ4n) is 0.872. The smallest absolute Gasteiger partial charge is 0.328 e. The van der Waals surface area contributed by atoms with Gasteiger partial charge in [0.1, 0.15) is 6.04 Å². The maximum absolute atomic E-state index is 11.1. The van der Waals surface area contributed by atoms with Gasteiger partial charge in [-0.05, 0) is 0 Å². The van der Waals surface area contributed by atoms with Crippen LogP contribution >= 0.6 is 0 Å². The molecule has 1 N–H and O–H groups in total. The van der Waals surface area contributed by atoms with Gasteiger partial charge < -0.3 is 14.8 Å². The van der Waals surface area contributed by atoms with E-state index in [1.807, 2.05) is 0 Å². The molecule has 1 unspecified atom stereocenters. The SMILES string of the molecule is COCCC(NC(C)=O)C(=O)OC. The highest BCUT2D eigenvalue weighted by Crippen LogP contribution is 1.95. The molecular weight excluding hydrogens is 174 g/mol. The van der Waals surface area contributed by atoms with Crippen molar-refractivity contribution in [3.8, 4) is 0 Å². The number of amides is 1. The number of ether oxygens (including phenoxy) is 2. The van der Waals surface area contributed by atoms with Gasteiger partial charge in [0.2, 0.25) is 5.91 Å². The lowest BCUT2D eigenvalue weighted by Crippen LogP contribution is -2.41. The summed E-state index contributed by atoms with van der Waals surface area (Å²) in [4.78, 5) is 21.7. The Bertz CT molecular complexity index is 181. The lowest BCUT2D eigenvalue weighted by molar-refractivity contribution is -0.145. The summed E-state index contributed by atoms with van der Waals surface area (Å²) >= 11 is 0. The van der Waals surface area contributed by atoms with Gasteiger partial charge in [0.05, 0.1) is 7.11 Å². The van der Waals surface area contributed by atoms with Gasteiger partial charge in [-0.1, -0.05) is 0 Å². The molecule has 0 aromatic carbocycles. The minimum Gasteiger partial charge on any atom is -0.467 e. The first-order valence-corrected chi connectivity index (χ1v) is 3.95. The molecule has 5 heteroatoms. The zero-order chi connectivity index (χ0) is 10.3. The molecule has 0 aliphatic heterocycles. The first-order chi connectivity index (χ1) is 6.11. The number of methoxy groups -OCH3 is 2. The van der Waals surface area contributed by atoms with Gasteiger partial charge in [-0.15, -0.1) is 0 Å². The quantitative estimate of drug-likeness (QED) is 0.603. The van der Waals surface area contributed by atoms with Crippen LogP contribution in [0.2, 0.25) is 0 Å². The van der Waals surface area contributed by atoms with Crippen LogP contribution in [-0.2, 0) is 19.1 Å². The third kappa shape index (κ3) is 5.19. The molecule has 0 aliphatic carbocycles. The second-order valence-electron chi connectivity index (χ2n) is 2.56. The predicted molar refractivity (Wildman–Crippen MR) is 46.1 cm³/mol. The molecule has 1 amide bonds. The summed E-state index contributed by atoms with van der Waals surface area (Å²) in [5, 5.41) is 2.47. The van der Waals surface area contributed by atoms with Crippen molar-refractivity contribution in [1.82, 2.24) is 5.32 Å². The molecule has 76 valence electrons. The number of carbonyl (C=O) groups excluding carboxylic acids is 2. The van der Waals surface area contributed by atoms with Crippen LogP contribution < -0.4 is 5.32 Å². The van der Waals surface area contributed by atoms with Crippen molar-refractivity contribution < 1.29 is 19.1 Å². The minimum atomic E-state index is -0.609. The summed E-state index contributed by atoms with van der Waals surface area (Å²) in [7, 11) is 2.81. The van der Waals surface area contributed by atoms with E-state index in [9.17, 15) is 9.59 Å². The molecule has 0 aliphatic rings. The summed E-state index contributed by atoms with van der Waals surface area (Å²) < 4.78 is 9.29. The molecular formula is C8H15NO4. The minimum absolute atomic E-state index is 0.258. The fraction of sp³-hybridized carbons (Fsp3) is 0.750. The average Bonchev–Trinajstić information content (AvgIpc) is 2.10. The van der Waals surface area contributed by atoms with E-state index in [1.54, 1.807) is 0 Å². The molecule has 0 bridgehead atoms. The van der Waals surface area contributed by atoms with Crippen LogP contribution in [0.4, 0.5) is 0 Å². The Morgan fingerprint density at radius 2 is 2.00 bits per heavy atom. The Kier molecular flexibility index (Phi) is 5.88. The van der Waals surface area contributed by atoms with E-state index < -0.39 is 12.0 Å². The van der Waals surface area contributed by atoms with Gasteiger partial charge in [0, 0.05) is 27.1 Å². The Hall–Kier alpha value is -1.10. The Balaban J connectivity index is 4.02. The highest BCUT2D eigenvalue weighted by molar-refractivity contribution is 5.83. The molecule has 0 aromatic rings. The largest absolute Gasteiger partial charge is 0.467 e. The number of carbonyl (C=O) groups is 2. The van der Waals surface area contributed by atoms with Gasteiger partial charge >= 0.3 is 5.97 Å². The predicted octanol–water partition coefficient (Wildman–Crippen LogP) is -0.299. The molecule has 1 atom stereocenters. The average molecular weight is 189 g/mol. The number of nitrogens with one attached hydrogen (secondary N) is 1. The van der Waals surface area contributed by atoms with Gasteiger partial charge in [-0.25, -0.2) is 4.79 Å². The first-order valence-electron chi connectivity index (χ1n) is 3.95. The van der Waals surface area contributed by atoms with Gasteiger partial charge in [0.15, 0.2) is 0 Å². The molecule has 0 fully saturated rings. The second kappa shape index (κ2) is 6.42. The van der Waals surface area contributed by atoms with Crippen molar-refractivity contribution in [2.45, 2.75) is 19.4 Å². The molecule has 0 heterocycles. The van der Waals surface area contributed by atoms with Gasteiger partial charge in [-0.2, -0.15) is 0 Å². The zero-order valence-electron chi connectivity index (χ0n) is 8.12. The van der Waals surface area contributed by atoms with Crippen LogP contribution in [0.15, 0.2) is 0 Å². The van der Waals surface area contributed by atoms with Crippen molar-refractivity contribution in [2.75, 3.05) is 20.8 Å². The van der Waals surface area contributed by atoms with Crippen molar-refractivity contribution in [1.29, 1.82) is 0 Å². The monoisotopic (exact) mass is 189 g/mol. The standard InChI is InChI=1S/C8H15NO4/c1-6(10)9-7(4-5-12-2)8(11)13-3/h7H,4-5H2,1-3H3,(H,9,10). The topological polar surface area (TPSA) is 64.6 Å². The van der Waals surface area contributed by atoms with Crippen molar-refractivity contribution in [2.24, 2.45) is 0 Å². The Morgan fingerprint density at radius 1 is 1.38 bits per heavy atom. The summed E-state index contributed by atoms with van der Waals surface area (Å²) in [5.74, 6) is -0.709. The Morgan fingerprint density at radius 3 is 2.38 bits per heavy atom. The van der Waals surface area contributed by atoms with Crippen LogP contribution in [-0.4, -0.2) is 38.7 Å². The maximum atomic E-state index is 11.1. The first kappa shape index (κ1) is 11.9. The van der Waals surface area contributed by atoms with Crippen molar-refractivity contribution >= 4 is 11.9 Å². The molecule has 0 saturated heterocycles. The van der Waals surface area contributed by atoms with Crippen LogP contribution in [0.25, 0.3) is 0 Å². The molecule has 0 spiro atoms. The second-order valence-corrected chi connectivity index (χ2v) is 2.56. The zero-order valence-corrected chi connectivity index (χ0v) is 8.12. The van der Waals surface area contributed by atoms with Crippen molar-refractivity contribution in [3.63, 3.8) is 0 Å². The third-order valence-corrected chi connectivity index (χ3v) is 1.47. The fourth-order valence-corrected chi connectivity index (χ4v) is 0.872. The van der Waals surface area contributed by atoms with Crippen LogP contribution in [0.5, 0.6) is 0 Å². The van der Waals surface area contributed by atoms with Crippen LogP contribution in [0, 0.1) is 0 Å². The number of esters is 1. The third-order valence-electron chi connectivity index (χ3n) is 1.47. The van der Waals surface area contributed by atoms with E-state index in [0.29, 0.717) is 13.0 Å². The van der Waals surface area contributed by atoms with Gasteiger partial charge in [0.25, 0.3) is 0 Å². The molecule has 0 aromatic heterocycles. The van der Waals surface area contributed by atoms with E-state index in [1.165, 1.54) is 21.1 Å². The van der Waals surface area contributed by atoms with E-state index in [4.69, 9.17) is 4.74 Å². The molecule has 0 radical (unpaired) electrons.